The second-order valence-corrected chi connectivity index (χ2v) is 3.71. The summed E-state index contributed by atoms with van der Waals surface area (Å²) in [6, 6.07) is 9.92. The van der Waals surface area contributed by atoms with E-state index < -0.39 is 0 Å². The van der Waals surface area contributed by atoms with E-state index in [0.717, 1.165) is 5.69 Å². The molecular formula is C12H10N6O. The third kappa shape index (κ3) is 2.49. The van der Waals surface area contributed by atoms with Crippen molar-refractivity contribution in [2.24, 2.45) is 0 Å². The van der Waals surface area contributed by atoms with Crippen LogP contribution in [-0.2, 0) is 0 Å². The van der Waals surface area contributed by atoms with E-state index in [9.17, 15) is 0 Å². The number of anilines is 1. The van der Waals surface area contributed by atoms with Gasteiger partial charge in [0.15, 0.2) is 0 Å². The molecule has 7 heteroatoms. The zero-order chi connectivity index (χ0) is 13.1. The first-order chi connectivity index (χ1) is 9.31. The Morgan fingerprint density at radius 1 is 0.947 bits per heavy atom. The Balaban J connectivity index is 1.80. The maximum absolute atomic E-state index is 5.48. The van der Waals surface area contributed by atoms with Crippen LogP contribution in [0.25, 0.3) is 5.69 Å². The second-order valence-electron chi connectivity index (χ2n) is 3.71. The van der Waals surface area contributed by atoms with Gasteiger partial charge in [-0.25, -0.2) is 14.6 Å². The van der Waals surface area contributed by atoms with Crippen LogP contribution in [0.3, 0.4) is 0 Å². The number of hydrogen-bond acceptors (Lipinski definition) is 6. The van der Waals surface area contributed by atoms with Gasteiger partial charge in [0, 0.05) is 0 Å². The van der Waals surface area contributed by atoms with Gasteiger partial charge in [0.1, 0.15) is 6.33 Å². The smallest absolute Gasteiger partial charge is 0.343 e. The van der Waals surface area contributed by atoms with E-state index in [4.69, 9.17) is 10.5 Å². The van der Waals surface area contributed by atoms with Gasteiger partial charge in [-0.15, -0.1) is 5.10 Å². The molecule has 0 aliphatic heterocycles. The molecule has 2 heterocycles. The number of ether oxygens (including phenoxy) is 1. The van der Waals surface area contributed by atoms with Crippen LogP contribution in [0.4, 0.5) is 5.69 Å². The van der Waals surface area contributed by atoms with Gasteiger partial charge in [-0.1, -0.05) is 18.2 Å². The fourth-order valence-electron chi connectivity index (χ4n) is 1.46. The van der Waals surface area contributed by atoms with Gasteiger partial charge in [-0.2, -0.15) is 4.98 Å². The van der Waals surface area contributed by atoms with Crippen molar-refractivity contribution in [2.45, 2.75) is 0 Å². The molecule has 0 saturated heterocycles. The van der Waals surface area contributed by atoms with Crippen molar-refractivity contribution in [3.05, 3.63) is 49.1 Å². The topological polar surface area (TPSA) is 91.7 Å². The average Bonchev–Trinajstić information content (AvgIpc) is 2.91. The Labute approximate surface area is 108 Å². The normalized spacial score (nSPS) is 10.3. The van der Waals surface area contributed by atoms with E-state index in [0.29, 0.717) is 5.69 Å². The van der Waals surface area contributed by atoms with Crippen molar-refractivity contribution >= 4 is 5.69 Å². The van der Waals surface area contributed by atoms with Crippen LogP contribution in [0.15, 0.2) is 49.1 Å². The molecule has 0 unspecified atom stereocenters. The molecule has 7 nitrogen and oxygen atoms in total. The molecule has 0 spiro atoms. The minimum absolute atomic E-state index is 0.153. The van der Waals surface area contributed by atoms with Gasteiger partial charge < -0.3 is 10.5 Å². The van der Waals surface area contributed by atoms with Crippen LogP contribution in [0.5, 0.6) is 12.0 Å². The van der Waals surface area contributed by atoms with E-state index in [-0.39, 0.29) is 12.0 Å². The lowest BCUT2D eigenvalue weighted by atomic mass is 10.3. The predicted molar refractivity (Wildman–Crippen MR) is 67.9 cm³/mol. The summed E-state index contributed by atoms with van der Waals surface area (Å²) in [5.41, 5.74) is 6.84. The summed E-state index contributed by atoms with van der Waals surface area (Å²) in [5.74, 6) is 0. The maximum atomic E-state index is 5.48. The monoisotopic (exact) mass is 254 g/mol. The summed E-state index contributed by atoms with van der Waals surface area (Å²) in [6.07, 6.45) is 4.47. The molecule has 0 atom stereocenters. The van der Waals surface area contributed by atoms with Crippen molar-refractivity contribution in [2.75, 3.05) is 5.73 Å². The predicted octanol–water partition coefficient (Wildman–Crippen LogP) is 1.43. The number of nitrogens with two attached hydrogens (primary N) is 1. The Morgan fingerprint density at radius 3 is 2.42 bits per heavy atom. The maximum Gasteiger partial charge on any atom is 0.343 e. The third-order valence-corrected chi connectivity index (χ3v) is 2.32. The Morgan fingerprint density at radius 2 is 1.68 bits per heavy atom. The summed E-state index contributed by atoms with van der Waals surface area (Å²) in [7, 11) is 0. The molecule has 0 saturated carbocycles. The number of aromatic nitrogens is 5. The lowest BCUT2D eigenvalue weighted by molar-refractivity contribution is 0.407. The number of benzene rings is 1. The van der Waals surface area contributed by atoms with Crippen LogP contribution in [0, 0.1) is 0 Å². The van der Waals surface area contributed by atoms with Crippen molar-refractivity contribution in [1.29, 1.82) is 0 Å². The lowest BCUT2D eigenvalue weighted by Gasteiger charge is -1.99. The molecule has 0 bridgehead atoms. The molecule has 1 aromatic carbocycles. The van der Waals surface area contributed by atoms with Crippen LogP contribution in [0.1, 0.15) is 0 Å². The quantitative estimate of drug-likeness (QED) is 0.760. The summed E-state index contributed by atoms with van der Waals surface area (Å²) in [6.45, 7) is 0. The minimum Gasteiger partial charge on any atom is -0.396 e. The minimum atomic E-state index is 0.153. The SMILES string of the molecule is Nc1cnc(Oc2ncn(-c3ccccc3)n2)nc1. The van der Waals surface area contributed by atoms with Gasteiger partial charge in [-0.05, 0) is 12.1 Å². The lowest BCUT2D eigenvalue weighted by Crippen LogP contribution is -1.97. The molecule has 0 aliphatic carbocycles. The van der Waals surface area contributed by atoms with E-state index in [2.05, 4.69) is 20.1 Å². The second kappa shape index (κ2) is 4.73. The third-order valence-electron chi connectivity index (χ3n) is 2.32. The van der Waals surface area contributed by atoms with Crippen molar-refractivity contribution in [3.8, 4) is 17.7 Å². The molecule has 2 aromatic heterocycles. The van der Waals surface area contributed by atoms with Crippen molar-refractivity contribution in [1.82, 2.24) is 24.7 Å². The van der Waals surface area contributed by atoms with E-state index in [1.807, 2.05) is 30.3 Å². The molecule has 19 heavy (non-hydrogen) atoms. The largest absolute Gasteiger partial charge is 0.396 e. The highest BCUT2D eigenvalue weighted by atomic mass is 16.5. The molecule has 0 amide bonds. The fourth-order valence-corrected chi connectivity index (χ4v) is 1.46. The highest BCUT2D eigenvalue weighted by Gasteiger charge is 2.06. The van der Waals surface area contributed by atoms with E-state index in [1.54, 1.807) is 11.0 Å². The van der Waals surface area contributed by atoms with Crippen LogP contribution in [0.2, 0.25) is 0 Å². The fraction of sp³-hybridized carbons (Fsp3) is 0. The number of nitrogen functional groups attached to an aromatic ring is 1. The van der Waals surface area contributed by atoms with Crippen molar-refractivity contribution in [3.63, 3.8) is 0 Å². The highest BCUT2D eigenvalue weighted by Crippen LogP contribution is 2.13. The number of rotatable bonds is 3. The molecular weight excluding hydrogens is 244 g/mol. The Kier molecular flexibility index (Phi) is 2.77. The first-order valence-corrected chi connectivity index (χ1v) is 5.54. The summed E-state index contributed by atoms with van der Waals surface area (Å²) >= 11 is 0. The van der Waals surface area contributed by atoms with Gasteiger partial charge in [0.2, 0.25) is 0 Å². The molecule has 0 fully saturated rings. The van der Waals surface area contributed by atoms with Gasteiger partial charge in [0.05, 0.1) is 23.8 Å². The van der Waals surface area contributed by atoms with Crippen LogP contribution < -0.4 is 10.5 Å². The molecule has 3 rings (SSSR count). The van der Waals surface area contributed by atoms with Crippen LogP contribution in [-0.4, -0.2) is 24.7 Å². The molecule has 2 N–H and O–H groups in total. The zero-order valence-corrected chi connectivity index (χ0v) is 9.84. The standard InChI is InChI=1S/C12H10N6O/c13-9-6-14-11(15-7-9)19-12-16-8-18(17-12)10-4-2-1-3-5-10/h1-8H,13H2. The summed E-state index contributed by atoms with van der Waals surface area (Å²) in [4.78, 5) is 11.8. The Bertz CT molecular complexity index is 664. The number of nitrogens with zero attached hydrogens (tertiary/aromatic N) is 5. The van der Waals surface area contributed by atoms with Crippen molar-refractivity contribution < 1.29 is 4.74 Å². The number of para-hydroxylation sites is 1. The summed E-state index contributed by atoms with van der Waals surface area (Å²) < 4.78 is 6.92. The first-order valence-electron chi connectivity index (χ1n) is 5.54. The number of hydrogen-bond donors (Lipinski definition) is 1. The average molecular weight is 254 g/mol. The Hall–Kier alpha value is -2.96. The van der Waals surface area contributed by atoms with E-state index >= 15 is 0 Å². The van der Waals surface area contributed by atoms with Gasteiger partial charge in [0.25, 0.3) is 0 Å². The van der Waals surface area contributed by atoms with E-state index in [1.165, 1.54) is 12.4 Å². The van der Waals surface area contributed by atoms with Gasteiger partial charge in [-0.3, -0.25) is 0 Å². The zero-order valence-electron chi connectivity index (χ0n) is 9.84. The molecule has 0 radical (unpaired) electrons. The molecule has 94 valence electrons. The summed E-state index contributed by atoms with van der Waals surface area (Å²) in [5, 5.41) is 4.17. The molecule has 3 aromatic rings. The van der Waals surface area contributed by atoms with Crippen LogP contribution >= 0.6 is 0 Å². The molecule has 0 aliphatic rings. The highest BCUT2D eigenvalue weighted by molar-refractivity contribution is 5.31. The first kappa shape index (κ1) is 11.1. The van der Waals surface area contributed by atoms with Gasteiger partial charge >= 0.3 is 12.0 Å².